The van der Waals surface area contributed by atoms with Gasteiger partial charge >= 0.3 is 0 Å². The van der Waals surface area contributed by atoms with Crippen LogP contribution in [0.4, 0.5) is 17.2 Å². The van der Waals surface area contributed by atoms with E-state index in [0.29, 0.717) is 11.5 Å². The first-order valence-corrected chi connectivity index (χ1v) is 6.11. The van der Waals surface area contributed by atoms with Crippen LogP contribution < -0.4 is 11.1 Å². The topological polar surface area (TPSA) is 50.9 Å². The Kier molecular flexibility index (Phi) is 3.33. The maximum absolute atomic E-state index is 5.92. The summed E-state index contributed by atoms with van der Waals surface area (Å²) in [5.41, 5.74) is 9.78. The Hall–Kier alpha value is -1.55. The lowest BCUT2D eigenvalue weighted by atomic mass is 10.2. The number of rotatable bonds is 2. The standard InChI is InChI=1S/C13H14BrN3/c1-8-5-11(15)13(16-7-8)17-12-6-10(14)4-3-9(12)2/h3-7H,15H2,1-2H3,(H,16,17). The molecule has 1 aromatic carbocycles. The first kappa shape index (κ1) is 11.9. The second-order valence-electron chi connectivity index (χ2n) is 4.03. The van der Waals surface area contributed by atoms with E-state index in [4.69, 9.17) is 5.73 Å². The highest BCUT2D eigenvalue weighted by molar-refractivity contribution is 9.10. The van der Waals surface area contributed by atoms with E-state index >= 15 is 0 Å². The van der Waals surface area contributed by atoms with Crippen molar-refractivity contribution in [3.8, 4) is 0 Å². The van der Waals surface area contributed by atoms with Crippen molar-refractivity contribution in [3.05, 3.63) is 46.1 Å². The molecule has 1 aromatic heterocycles. The van der Waals surface area contributed by atoms with Crippen LogP contribution in [0.2, 0.25) is 0 Å². The predicted octanol–water partition coefficient (Wildman–Crippen LogP) is 3.79. The van der Waals surface area contributed by atoms with E-state index in [9.17, 15) is 0 Å². The third-order valence-corrected chi connectivity index (χ3v) is 3.00. The van der Waals surface area contributed by atoms with E-state index in [1.807, 2.05) is 38.1 Å². The van der Waals surface area contributed by atoms with Crippen LogP contribution in [0, 0.1) is 13.8 Å². The molecular weight excluding hydrogens is 278 g/mol. The summed E-state index contributed by atoms with van der Waals surface area (Å²) >= 11 is 3.45. The van der Waals surface area contributed by atoms with Crippen LogP contribution in [0.5, 0.6) is 0 Å². The van der Waals surface area contributed by atoms with Crippen LogP contribution in [-0.2, 0) is 0 Å². The Bertz CT molecular complexity index is 552. The number of hydrogen-bond donors (Lipinski definition) is 2. The maximum atomic E-state index is 5.92. The number of anilines is 3. The molecule has 0 spiro atoms. The Balaban J connectivity index is 2.34. The molecule has 0 saturated heterocycles. The monoisotopic (exact) mass is 291 g/mol. The fourth-order valence-corrected chi connectivity index (χ4v) is 1.91. The van der Waals surface area contributed by atoms with E-state index in [1.165, 1.54) is 0 Å². The molecule has 3 nitrogen and oxygen atoms in total. The van der Waals surface area contributed by atoms with Crippen LogP contribution in [0.25, 0.3) is 0 Å². The van der Waals surface area contributed by atoms with Gasteiger partial charge in [-0.15, -0.1) is 0 Å². The SMILES string of the molecule is Cc1cnc(Nc2cc(Br)ccc2C)c(N)c1. The molecule has 17 heavy (non-hydrogen) atoms. The zero-order valence-electron chi connectivity index (χ0n) is 9.79. The molecule has 0 aliphatic heterocycles. The van der Waals surface area contributed by atoms with Crippen molar-refractivity contribution in [2.45, 2.75) is 13.8 Å². The van der Waals surface area contributed by atoms with E-state index in [1.54, 1.807) is 6.20 Å². The van der Waals surface area contributed by atoms with Crippen molar-refractivity contribution >= 4 is 33.1 Å². The number of benzene rings is 1. The minimum Gasteiger partial charge on any atom is -0.396 e. The molecule has 0 aliphatic carbocycles. The first-order chi connectivity index (χ1) is 8.06. The largest absolute Gasteiger partial charge is 0.396 e. The normalized spacial score (nSPS) is 10.3. The second-order valence-corrected chi connectivity index (χ2v) is 4.95. The summed E-state index contributed by atoms with van der Waals surface area (Å²) in [6, 6.07) is 7.96. The fraction of sp³-hybridized carbons (Fsp3) is 0.154. The van der Waals surface area contributed by atoms with Gasteiger partial charge in [-0.1, -0.05) is 22.0 Å². The van der Waals surface area contributed by atoms with Crippen molar-refractivity contribution in [3.63, 3.8) is 0 Å². The van der Waals surface area contributed by atoms with Crippen molar-refractivity contribution in [2.75, 3.05) is 11.1 Å². The summed E-state index contributed by atoms with van der Waals surface area (Å²) in [4.78, 5) is 4.29. The number of nitrogens with one attached hydrogen (secondary N) is 1. The van der Waals surface area contributed by atoms with Crippen LogP contribution in [0.3, 0.4) is 0 Å². The molecule has 4 heteroatoms. The number of nitrogens with zero attached hydrogens (tertiary/aromatic N) is 1. The number of hydrogen-bond acceptors (Lipinski definition) is 3. The molecule has 0 radical (unpaired) electrons. The van der Waals surface area contributed by atoms with Gasteiger partial charge in [-0.05, 0) is 43.2 Å². The minimum atomic E-state index is 0.657. The molecule has 3 N–H and O–H groups in total. The van der Waals surface area contributed by atoms with Gasteiger partial charge in [0.05, 0.1) is 5.69 Å². The Morgan fingerprint density at radius 2 is 2.00 bits per heavy atom. The van der Waals surface area contributed by atoms with Crippen LogP contribution in [0.15, 0.2) is 34.9 Å². The van der Waals surface area contributed by atoms with E-state index in [2.05, 4.69) is 26.2 Å². The van der Waals surface area contributed by atoms with Crippen molar-refractivity contribution in [2.24, 2.45) is 0 Å². The summed E-state index contributed by atoms with van der Waals surface area (Å²) in [7, 11) is 0. The van der Waals surface area contributed by atoms with E-state index in [-0.39, 0.29) is 0 Å². The van der Waals surface area contributed by atoms with Gasteiger partial charge in [0.25, 0.3) is 0 Å². The fourth-order valence-electron chi connectivity index (χ4n) is 1.55. The Morgan fingerprint density at radius 3 is 2.71 bits per heavy atom. The second kappa shape index (κ2) is 4.75. The Labute approximate surface area is 109 Å². The number of aromatic nitrogens is 1. The summed E-state index contributed by atoms with van der Waals surface area (Å²) in [6.07, 6.45) is 1.80. The molecule has 0 amide bonds. The molecule has 0 atom stereocenters. The average Bonchev–Trinajstić information content (AvgIpc) is 2.27. The van der Waals surface area contributed by atoms with Gasteiger partial charge in [0, 0.05) is 16.4 Å². The highest BCUT2D eigenvalue weighted by atomic mass is 79.9. The van der Waals surface area contributed by atoms with Gasteiger partial charge in [0.15, 0.2) is 5.82 Å². The van der Waals surface area contributed by atoms with Crippen molar-refractivity contribution in [1.82, 2.24) is 4.98 Å². The molecule has 0 saturated carbocycles. The van der Waals surface area contributed by atoms with Crippen LogP contribution in [-0.4, -0.2) is 4.98 Å². The lowest BCUT2D eigenvalue weighted by Gasteiger charge is -2.11. The summed E-state index contributed by atoms with van der Waals surface area (Å²) in [5, 5.41) is 3.24. The third-order valence-electron chi connectivity index (χ3n) is 2.51. The van der Waals surface area contributed by atoms with Crippen LogP contribution in [0.1, 0.15) is 11.1 Å². The number of aryl methyl sites for hydroxylation is 2. The summed E-state index contributed by atoms with van der Waals surface area (Å²) in [6.45, 7) is 4.01. The average molecular weight is 292 g/mol. The molecule has 2 aromatic rings. The zero-order valence-corrected chi connectivity index (χ0v) is 11.4. The number of halogens is 1. The molecule has 2 rings (SSSR count). The zero-order chi connectivity index (χ0) is 12.4. The third kappa shape index (κ3) is 2.77. The summed E-state index contributed by atoms with van der Waals surface area (Å²) in [5.74, 6) is 0.691. The highest BCUT2D eigenvalue weighted by Gasteiger charge is 2.04. The molecule has 0 aliphatic rings. The lowest BCUT2D eigenvalue weighted by Crippen LogP contribution is -2.00. The molecule has 1 heterocycles. The lowest BCUT2D eigenvalue weighted by molar-refractivity contribution is 1.26. The van der Waals surface area contributed by atoms with Gasteiger partial charge in [0.2, 0.25) is 0 Å². The van der Waals surface area contributed by atoms with Gasteiger partial charge in [-0.25, -0.2) is 4.98 Å². The van der Waals surface area contributed by atoms with Crippen molar-refractivity contribution in [1.29, 1.82) is 0 Å². The molecule has 0 fully saturated rings. The van der Waals surface area contributed by atoms with Crippen LogP contribution >= 0.6 is 15.9 Å². The molecule has 0 unspecified atom stereocenters. The van der Waals surface area contributed by atoms with E-state index < -0.39 is 0 Å². The molecule has 0 bridgehead atoms. The number of nitrogens with two attached hydrogens (primary N) is 1. The van der Waals surface area contributed by atoms with Crippen molar-refractivity contribution < 1.29 is 0 Å². The molecule has 88 valence electrons. The van der Waals surface area contributed by atoms with E-state index in [0.717, 1.165) is 21.3 Å². The molecular formula is C13H14BrN3. The first-order valence-electron chi connectivity index (χ1n) is 5.31. The Morgan fingerprint density at radius 1 is 1.24 bits per heavy atom. The van der Waals surface area contributed by atoms with Gasteiger partial charge in [-0.2, -0.15) is 0 Å². The number of pyridine rings is 1. The minimum absolute atomic E-state index is 0.657. The highest BCUT2D eigenvalue weighted by Crippen LogP contribution is 2.26. The number of nitrogen functional groups attached to an aromatic ring is 1. The quantitative estimate of drug-likeness (QED) is 0.885. The van der Waals surface area contributed by atoms with Gasteiger partial charge in [-0.3, -0.25) is 0 Å². The predicted molar refractivity (Wildman–Crippen MR) is 75.5 cm³/mol. The summed E-state index contributed by atoms with van der Waals surface area (Å²) < 4.78 is 1.02. The maximum Gasteiger partial charge on any atom is 0.153 e. The van der Waals surface area contributed by atoms with Gasteiger partial charge < -0.3 is 11.1 Å². The van der Waals surface area contributed by atoms with Gasteiger partial charge in [0.1, 0.15) is 0 Å². The smallest absolute Gasteiger partial charge is 0.153 e.